The van der Waals surface area contributed by atoms with Crippen molar-refractivity contribution in [3.63, 3.8) is 0 Å². The lowest BCUT2D eigenvalue weighted by atomic mass is 9.82. The van der Waals surface area contributed by atoms with Gasteiger partial charge in [0.05, 0.1) is 11.8 Å². The van der Waals surface area contributed by atoms with Crippen molar-refractivity contribution in [1.29, 1.82) is 0 Å². The molecule has 1 aliphatic carbocycles. The number of carbonyl (C=O) groups is 2. The molecule has 0 bridgehead atoms. The van der Waals surface area contributed by atoms with Crippen LogP contribution in [0.2, 0.25) is 0 Å². The molecule has 1 fully saturated rings. The number of aryl methyl sites for hydroxylation is 2. The molecule has 0 unspecified atom stereocenters. The van der Waals surface area contributed by atoms with Crippen LogP contribution in [-0.4, -0.2) is 11.9 Å². The third-order valence-corrected chi connectivity index (χ3v) is 5.59. The van der Waals surface area contributed by atoms with Crippen LogP contribution in [0.5, 0.6) is 11.5 Å². The largest absolute Gasteiger partial charge is 0.426 e. The van der Waals surface area contributed by atoms with Crippen LogP contribution in [0.1, 0.15) is 56.6 Å². The minimum atomic E-state index is -0.205. The standard InChI is InChI=1S/C25H30O4/c1-3-4-5-19-8-16-23(17-9-19)29-25(27)21-12-10-20(11-13-21)24(26)28-22-14-6-18(2)7-15-22/h6-9,14-17,20-21H,3-5,10-13H2,1-2H3. The number of hydrogen-bond donors (Lipinski definition) is 0. The van der Waals surface area contributed by atoms with Crippen LogP contribution in [0.15, 0.2) is 48.5 Å². The van der Waals surface area contributed by atoms with Crippen LogP contribution in [-0.2, 0) is 16.0 Å². The van der Waals surface area contributed by atoms with E-state index in [1.807, 2.05) is 55.5 Å². The van der Waals surface area contributed by atoms with E-state index in [-0.39, 0.29) is 23.8 Å². The van der Waals surface area contributed by atoms with Gasteiger partial charge in [-0.1, -0.05) is 43.2 Å². The quantitative estimate of drug-likeness (QED) is 0.449. The van der Waals surface area contributed by atoms with Gasteiger partial charge in [0.2, 0.25) is 0 Å². The SMILES string of the molecule is CCCCc1ccc(OC(=O)C2CCC(C(=O)Oc3ccc(C)cc3)CC2)cc1. The Kier molecular flexibility index (Phi) is 7.45. The summed E-state index contributed by atoms with van der Waals surface area (Å²) in [6.07, 6.45) is 5.99. The molecule has 0 saturated heterocycles. The third kappa shape index (κ3) is 6.18. The maximum Gasteiger partial charge on any atom is 0.314 e. The van der Waals surface area contributed by atoms with Gasteiger partial charge in [-0.2, -0.15) is 0 Å². The highest BCUT2D eigenvalue weighted by Crippen LogP contribution is 2.31. The Morgan fingerprint density at radius 1 is 0.793 bits per heavy atom. The van der Waals surface area contributed by atoms with Crippen LogP contribution in [0, 0.1) is 18.8 Å². The number of benzene rings is 2. The average molecular weight is 395 g/mol. The minimum absolute atomic E-state index is 0.154. The normalized spacial score (nSPS) is 18.8. The molecule has 29 heavy (non-hydrogen) atoms. The predicted molar refractivity (Wildman–Crippen MR) is 113 cm³/mol. The first kappa shape index (κ1) is 21.1. The lowest BCUT2D eigenvalue weighted by Crippen LogP contribution is -2.30. The molecule has 0 atom stereocenters. The molecule has 0 aromatic heterocycles. The molecule has 1 aliphatic rings. The Labute approximate surface area is 173 Å². The molecule has 0 heterocycles. The van der Waals surface area contributed by atoms with E-state index in [1.54, 1.807) is 0 Å². The number of carbonyl (C=O) groups excluding carboxylic acids is 2. The highest BCUT2D eigenvalue weighted by Gasteiger charge is 2.32. The number of ether oxygens (including phenoxy) is 2. The van der Waals surface area contributed by atoms with Gasteiger partial charge in [0.25, 0.3) is 0 Å². The first-order chi connectivity index (χ1) is 14.0. The van der Waals surface area contributed by atoms with Crippen molar-refractivity contribution < 1.29 is 19.1 Å². The Bertz CT molecular complexity index is 800. The molecule has 2 aromatic rings. The maximum atomic E-state index is 12.5. The first-order valence-corrected chi connectivity index (χ1v) is 10.6. The highest BCUT2D eigenvalue weighted by molar-refractivity contribution is 5.77. The number of hydrogen-bond acceptors (Lipinski definition) is 4. The maximum absolute atomic E-state index is 12.5. The highest BCUT2D eigenvalue weighted by atomic mass is 16.5. The molecule has 1 saturated carbocycles. The molecular formula is C25H30O4. The van der Waals surface area contributed by atoms with Gasteiger partial charge in [0.1, 0.15) is 11.5 Å². The molecule has 0 spiro atoms. The number of esters is 2. The van der Waals surface area contributed by atoms with Gasteiger partial charge in [-0.15, -0.1) is 0 Å². The van der Waals surface area contributed by atoms with Gasteiger partial charge in [0.15, 0.2) is 0 Å². The molecule has 3 rings (SSSR count). The zero-order valence-corrected chi connectivity index (χ0v) is 17.4. The number of unbranched alkanes of at least 4 members (excludes halogenated alkanes) is 1. The summed E-state index contributed by atoms with van der Waals surface area (Å²) in [6, 6.07) is 15.2. The van der Waals surface area contributed by atoms with E-state index < -0.39 is 0 Å². The van der Waals surface area contributed by atoms with Gasteiger partial charge in [-0.3, -0.25) is 9.59 Å². The molecule has 0 amide bonds. The summed E-state index contributed by atoms with van der Waals surface area (Å²) in [4.78, 5) is 24.9. The summed E-state index contributed by atoms with van der Waals surface area (Å²) in [5.41, 5.74) is 2.39. The summed E-state index contributed by atoms with van der Waals surface area (Å²) in [7, 11) is 0. The zero-order valence-electron chi connectivity index (χ0n) is 17.4. The van der Waals surface area contributed by atoms with Crippen molar-refractivity contribution in [3.05, 3.63) is 59.7 Å². The molecule has 0 aliphatic heterocycles. The van der Waals surface area contributed by atoms with Crippen molar-refractivity contribution in [1.82, 2.24) is 0 Å². The van der Waals surface area contributed by atoms with E-state index in [9.17, 15) is 9.59 Å². The summed E-state index contributed by atoms with van der Waals surface area (Å²) < 4.78 is 11.0. The second kappa shape index (κ2) is 10.2. The van der Waals surface area contributed by atoms with Crippen LogP contribution >= 0.6 is 0 Å². The van der Waals surface area contributed by atoms with E-state index in [0.717, 1.165) is 24.8 Å². The topological polar surface area (TPSA) is 52.6 Å². The molecule has 0 radical (unpaired) electrons. The Balaban J connectivity index is 1.45. The minimum Gasteiger partial charge on any atom is -0.426 e. The fraction of sp³-hybridized carbons (Fsp3) is 0.440. The van der Waals surface area contributed by atoms with Gasteiger partial charge >= 0.3 is 11.9 Å². The van der Waals surface area contributed by atoms with E-state index >= 15 is 0 Å². The van der Waals surface area contributed by atoms with Crippen LogP contribution < -0.4 is 9.47 Å². The van der Waals surface area contributed by atoms with Crippen molar-refractivity contribution in [2.75, 3.05) is 0 Å². The first-order valence-electron chi connectivity index (χ1n) is 10.6. The van der Waals surface area contributed by atoms with Gasteiger partial charge < -0.3 is 9.47 Å². The third-order valence-electron chi connectivity index (χ3n) is 5.59. The second-order valence-electron chi connectivity index (χ2n) is 7.95. The Morgan fingerprint density at radius 3 is 1.69 bits per heavy atom. The van der Waals surface area contributed by atoms with Crippen molar-refractivity contribution in [2.45, 2.75) is 58.8 Å². The molecule has 4 nitrogen and oxygen atoms in total. The van der Waals surface area contributed by atoms with Gasteiger partial charge in [0, 0.05) is 0 Å². The van der Waals surface area contributed by atoms with Crippen LogP contribution in [0.4, 0.5) is 0 Å². The fourth-order valence-corrected chi connectivity index (χ4v) is 3.68. The lowest BCUT2D eigenvalue weighted by molar-refractivity contribution is -0.145. The smallest absolute Gasteiger partial charge is 0.314 e. The summed E-state index contributed by atoms with van der Waals surface area (Å²) >= 11 is 0. The van der Waals surface area contributed by atoms with E-state index in [2.05, 4.69) is 6.92 Å². The molecule has 0 N–H and O–H groups in total. The average Bonchev–Trinajstić information content (AvgIpc) is 2.75. The summed E-state index contributed by atoms with van der Waals surface area (Å²) in [5, 5.41) is 0. The Morgan fingerprint density at radius 2 is 1.24 bits per heavy atom. The molecule has 4 heteroatoms. The molecular weight excluding hydrogens is 364 g/mol. The van der Waals surface area contributed by atoms with Crippen LogP contribution in [0.25, 0.3) is 0 Å². The van der Waals surface area contributed by atoms with E-state index in [0.29, 0.717) is 37.2 Å². The van der Waals surface area contributed by atoms with Crippen molar-refractivity contribution in [2.24, 2.45) is 11.8 Å². The van der Waals surface area contributed by atoms with Crippen LogP contribution in [0.3, 0.4) is 0 Å². The van der Waals surface area contributed by atoms with E-state index in [4.69, 9.17) is 9.47 Å². The van der Waals surface area contributed by atoms with Gasteiger partial charge in [-0.05, 0) is 75.3 Å². The summed E-state index contributed by atoms with van der Waals surface area (Å²) in [6.45, 7) is 4.17. The van der Waals surface area contributed by atoms with Crippen molar-refractivity contribution >= 4 is 11.9 Å². The van der Waals surface area contributed by atoms with Crippen molar-refractivity contribution in [3.8, 4) is 11.5 Å². The predicted octanol–water partition coefficient (Wildman–Crippen LogP) is 5.66. The number of rotatable bonds is 7. The zero-order chi connectivity index (χ0) is 20.6. The van der Waals surface area contributed by atoms with E-state index in [1.165, 1.54) is 5.56 Å². The van der Waals surface area contributed by atoms with Gasteiger partial charge in [-0.25, -0.2) is 0 Å². The molecule has 154 valence electrons. The lowest BCUT2D eigenvalue weighted by Gasteiger charge is -2.25. The monoisotopic (exact) mass is 394 g/mol. The summed E-state index contributed by atoms with van der Waals surface area (Å²) in [5.74, 6) is 0.456. The Hall–Kier alpha value is -2.62. The fourth-order valence-electron chi connectivity index (χ4n) is 3.68. The molecule has 2 aromatic carbocycles. The second-order valence-corrected chi connectivity index (χ2v) is 7.95.